The summed E-state index contributed by atoms with van der Waals surface area (Å²) in [6, 6.07) is 6.61. The lowest BCUT2D eigenvalue weighted by atomic mass is 10.2. The fourth-order valence-corrected chi connectivity index (χ4v) is 0.773. The fraction of sp³-hybridized carbons (Fsp3) is 0. The smallest absolute Gasteiger partial charge is 0.174 e. The van der Waals surface area contributed by atoms with E-state index in [2.05, 4.69) is 0 Å². The molecule has 0 aliphatic carbocycles. The summed E-state index contributed by atoms with van der Waals surface area (Å²) in [7, 11) is 0. The standard InChI is InChI=1S/C9H6O3/c10-5-6-12-9-4-2-1-3-8(9)7-11/h1-4,6-7H. The third-order valence-corrected chi connectivity index (χ3v) is 1.28. The summed E-state index contributed by atoms with van der Waals surface area (Å²) in [6.45, 7) is 0. The van der Waals surface area contributed by atoms with E-state index < -0.39 is 0 Å². The van der Waals surface area contributed by atoms with E-state index in [0.717, 1.165) is 6.26 Å². The average Bonchev–Trinajstić information content (AvgIpc) is 2.15. The van der Waals surface area contributed by atoms with Gasteiger partial charge >= 0.3 is 0 Å². The molecule has 0 N–H and O–H groups in total. The van der Waals surface area contributed by atoms with Crippen molar-refractivity contribution >= 4 is 12.2 Å². The number of para-hydroxylation sites is 1. The zero-order valence-electron chi connectivity index (χ0n) is 6.19. The third-order valence-electron chi connectivity index (χ3n) is 1.28. The molecule has 0 unspecified atom stereocenters. The van der Waals surface area contributed by atoms with Gasteiger partial charge in [-0.15, -0.1) is 0 Å². The number of aldehydes is 1. The fourth-order valence-electron chi connectivity index (χ4n) is 0.773. The molecule has 0 saturated heterocycles. The minimum absolute atomic E-state index is 0.357. The molecule has 0 spiro atoms. The molecule has 3 heteroatoms. The van der Waals surface area contributed by atoms with E-state index in [0.29, 0.717) is 17.6 Å². The van der Waals surface area contributed by atoms with Gasteiger partial charge in [-0.2, -0.15) is 0 Å². The van der Waals surface area contributed by atoms with Crippen molar-refractivity contribution in [2.45, 2.75) is 0 Å². The van der Waals surface area contributed by atoms with Gasteiger partial charge in [-0.1, -0.05) is 12.1 Å². The lowest BCUT2D eigenvalue weighted by Crippen LogP contribution is -1.88. The first-order chi connectivity index (χ1) is 5.88. The number of hydrogen-bond donors (Lipinski definition) is 0. The van der Waals surface area contributed by atoms with Crippen LogP contribution in [0.3, 0.4) is 0 Å². The molecule has 0 heterocycles. The molecular formula is C9H6O3. The number of hydrogen-bond acceptors (Lipinski definition) is 3. The Balaban J connectivity index is 2.96. The largest absolute Gasteiger partial charge is 0.453 e. The molecule has 1 rings (SSSR count). The molecule has 0 fully saturated rings. The predicted octanol–water partition coefficient (Wildman–Crippen LogP) is 1.22. The van der Waals surface area contributed by atoms with Gasteiger partial charge < -0.3 is 4.74 Å². The Hall–Kier alpha value is -1.86. The van der Waals surface area contributed by atoms with Crippen LogP contribution in [-0.4, -0.2) is 12.2 Å². The van der Waals surface area contributed by atoms with Crippen LogP contribution in [-0.2, 0) is 4.79 Å². The van der Waals surface area contributed by atoms with Gasteiger partial charge in [0.25, 0.3) is 0 Å². The summed E-state index contributed by atoms with van der Waals surface area (Å²) in [5.74, 6) is 1.81. The predicted molar refractivity (Wildman–Crippen MR) is 42.7 cm³/mol. The molecule has 0 radical (unpaired) electrons. The van der Waals surface area contributed by atoms with Gasteiger partial charge in [0.15, 0.2) is 18.5 Å². The van der Waals surface area contributed by atoms with E-state index >= 15 is 0 Å². The maximum Gasteiger partial charge on any atom is 0.174 e. The van der Waals surface area contributed by atoms with Crippen LogP contribution < -0.4 is 4.74 Å². The molecule has 12 heavy (non-hydrogen) atoms. The topological polar surface area (TPSA) is 43.4 Å². The van der Waals surface area contributed by atoms with Gasteiger partial charge in [-0.25, -0.2) is 4.79 Å². The van der Waals surface area contributed by atoms with Crippen molar-refractivity contribution in [1.82, 2.24) is 0 Å². The quantitative estimate of drug-likeness (QED) is 0.381. The van der Waals surface area contributed by atoms with Crippen LogP contribution in [0.25, 0.3) is 0 Å². The average molecular weight is 162 g/mol. The van der Waals surface area contributed by atoms with Crippen molar-refractivity contribution in [3.05, 3.63) is 36.1 Å². The number of carbonyl (C=O) groups is 1. The second-order valence-electron chi connectivity index (χ2n) is 2.01. The number of rotatable bonds is 3. The number of ether oxygens (including phenoxy) is 1. The molecule has 0 saturated carbocycles. The highest BCUT2D eigenvalue weighted by molar-refractivity contribution is 5.79. The molecule has 1 aromatic carbocycles. The number of benzene rings is 1. The van der Waals surface area contributed by atoms with Gasteiger partial charge in [0, 0.05) is 0 Å². The zero-order valence-corrected chi connectivity index (χ0v) is 6.19. The molecule has 0 aliphatic heterocycles. The van der Waals surface area contributed by atoms with Crippen LogP contribution in [0.15, 0.2) is 30.5 Å². The monoisotopic (exact) mass is 162 g/mol. The SMILES string of the molecule is O=C=COc1ccccc1C=O. The Morgan fingerprint density at radius 1 is 1.33 bits per heavy atom. The van der Waals surface area contributed by atoms with E-state index in [9.17, 15) is 9.59 Å². The highest BCUT2D eigenvalue weighted by Gasteiger charge is 1.98. The van der Waals surface area contributed by atoms with Gasteiger partial charge in [0.2, 0.25) is 0 Å². The van der Waals surface area contributed by atoms with Crippen LogP contribution in [0.5, 0.6) is 5.75 Å². The maximum absolute atomic E-state index is 10.4. The van der Waals surface area contributed by atoms with Crippen molar-refractivity contribution in [2.24, 2.45) is 0 Å². The molecule has 0 bridgehead atoms. The first kappa shape index (κ1) is 8.24. The molecule has 0 aromatic heterocycles. The van der Waals surface area contributed by atoms with Crippen LogP contribution in [0, 0.1) is 0 Å². The van der Waals surface area contributed by atoms with Crippen LogP contribution >= 0.6 is 0 Å². The molecule has 0 aliphatic rings. The van der Waals surface area contributed by atoms with E-state index in [1.54, 1.807) is 24.3 Å². The number of carbonyl (C=O) groups excluding carboxylic acids is 2. The summed E-state index contributed by atoms with van der Waals surface area (Å²) in [5, 5.41) is 0. The second kappa shape index (κ2) is 4.11. The highest BCUT2D eigenvalue weighted by atomic mass is 16.5. The van der Waals surface area contributed by atoms with Crippen LogP contribution in [0.1, 0.15) is 10.4 Å². The van der Waals surface area contributed by atoms with Crippen LogP contribution in [0.2, 0.25) is 0 Å². The lowest BCUT2D eigenvalue weighted by molar-refractivity contribution is 0.112. The maximum atomic E-state index is 10.4. The van der Waals surface area contributed by atoms with E-state index in [4.69, 9.17) is 4.74 Å². The third kappa shape index (κ3) is 1.81. The first-order valence-corrected chi connectivity index (χ1v) is 3.28. The molecule has 3 nitrogen and oxygen atoms in total. The second-order valence-corrected chi connectivity index (χ2v) is 2.01. The molecule has 0 amide bonds. The van der Waals surface area contributed by atoms with Crippen LogP contribution in [0.4, 0.5) is 0 Å². The first-order valence-electron chi connectivity index (χ1n) is 3.28. The Morgan fingerprint density at radius 3 is 2.75 bits per heavy atom. The summed E-state index contributed by atoms with van der Waals surface area (Å²) >= 11 is 0. The van der Waals surface area contributed by atoms with Gasteiger partial charge in [-0.3, -0.25) is 4.79 Å². The summed E-state index contributed by atoms with van der Waals surface area (Å²) in [4.78, 5) is 20.2. The Kier molecular flexibility index (Phi) is 2.82. The summed E-state index contributed by atoms with van der Waals surface area (Å²) in [6.07, 6.45) is 1.52. The normalized spacial score (nSPS) is 8.33. The van der Waals surface area contributed by atoms with Gasteiger partial charge in [0.05, 0.1) is 5.56 Å². The van der Waals surface area contributed by atoms with Crippen molar-refractivity contribution < 1.29 is 14.3 Å². The van der Waals surface area contributed by atoms with Crippen molar-refractivity contribution in [3.63, 3.8) is 0 Å². The molecular weight excluding hydrogens is 156 g/mol. The summed E-state index contributed by atoms with van der Waals surface area (Å²) < 4.78 is 4.80. The van der Waals surface area contributed by atoms with Gasteiger partial charge in [0.1, 0.15) is 5.75 Å². The van der Waals surface area contributed by atoms with Crippen molar-refractivity contribution in [3.8, 4) is 5.75 Å². The minimum atomic E-state index is 0.357. The van der Waals surface area contributed by atoms with Gasteiger partial charge in [-0.05, 0) is 12.1 Å². The Bertz CT molecular complexity index is 324. The molecule has 60 valence electrons. The van der Waals surface area contributed by atoms with E-state index in [-0.39, 0.29) is 0 Å². The van der Waals surface area contributed by atoms with E-state index in [1.807, 2.05) is 0 Å². The summed E-state index contributed by atoms with van der Waals surface area (Å²) in [5.41, 5.74) is 0.406. The molecule has 0 atom stereocenters. The zero-order chi connectivity index (χ0) is 8.81. The van der Waals surface area contributed by atoms with E-state index in [1.165, 1.54) is 5.94 Å². The van der Waals surface area contributed by atoms with Crippen molar-refractivity contribution in [1.29, 1.82) is 0 Å². The Labute approximate surface area is 69.3 Å². The minimum Gasteiger partial charge on any atom is -0.453 e. The lowest BCUT2D eigenvalue weighted by Gasteiger charge is -1.99. The highest BCUT2D eigenvalue weighted by Crippen LogP contribution is 2.14. The molecule has 1 aromatic rings. The van der Waals surface area contributed by atoms with Crippen molar-refractivity contribution in [2.75, 3.05) is 0 Å². The Morgan fingerprint density at radius 2 is 2.08 bits per heavy atom.